The first-order valence-electron chi connectivity index (χ1n) is 11.1. The van der Waals surface area contributed by atoms with Crippen LogP contribution in [0.1, 0.15) is 24.8 Å². The maximum atomic E-state index is 13.3. The minimum absolute atomic E-state index is 0.0198. The molecule has 0 spiro atoms. The molecule has 0 radical (unpaired) electrons. The van der Waals surface area contributed by atoms with Gasteiger partial charge in [-0.25, -0.2) is 13.4 Å². The zero-order chi connectivity index (χ0) is 23.7. The van der Waals surface area contributed by atoms with E-state index in [9.17, 15) is 13.2 Å². The normalized spacial score (nSPS) is 16.9. The van der Waals surface area contributed by atoms with Crippen LogP contribution in [0.5, 0.6) is 0 Å². The monoisotopic (exact) mass is 517 g/mol. The number of sulfonamides is 1. The maximum absolute atomic E-state index is 13.3. The fraction of sp³-hybridized carbons (Fsp3) is 0.348. The minimum atomic E-state index is -3.71. The fourth-order valence-electron chi connectivity index (χ4n) is 4.63. The molecule has 34 heavy (non-hydrogen) atoms. The van der Waals surface area contributed by atoms with Gasteiger partial charge in [-0.3, -0.25) is 9.52 Å². The van der Waals surface area contributed by atoms with E-state index in [1.165, 1.54) is 6.33 Å². The summed E-state index contributed by atoms with van der Waals surface area (Å²) in [4.78, 5) is 21.5. The van der Waals surface area contributed by atoms with Gasteiger partial charge in [0.2, 0.25) is 11.0 Å². The van der Waals surface area contributed by atoms with Gasteiger partial charge in [-0.15, -0.1) is 0 Å². The van der Waals surface area contributed by atoms with E-state index in [4.69, 9.17) is 11.6 Å². The number of benzene rings is 2. The number of halogens is 1. The van der Waals surface area contributed by atoms with Crippen LogP contribution in [-0.2, 0) is 21.2 Å². The Balaban J connectivity index is 1.22. The number of aromatic nitrogens is 2. The molecule has 8 nitrogen and oxygen atoms in total. The minimum Gasteiger partial charge on any atom is -0.371 e. The second kappa shape index (κ2) is 9.52. The molecule has 0 atom stereocenters. The van der Waals surface area contributed by atoms with Crippen LogP contribution in [0.3, 0.4) is 0 Å². The molecule has 0 saturated carbocycles. The van der Waals surface area contributed by atoms with Crippen molar-refractivity contribution in [2.75, 3.05) is 34.2 Å². The molecular formula is C23H24ClN5O3S2. The first kappa shape index (κ1) is 23.1. The highest BCUT2D eigenvalue weighted by atomic mass is 35.5. The highest BCUT2D eigenvalue weighted by molar-refractivity contribution is 7.93. The van der Waals surface area contributed by atoms with E-state index >= 15 is 0 Å². The van der Waals surface area contributed by atoms with E-state index in [0.29, 0.717) is 5.02 Å². The number of carbonyl (C=O) groups excluding carboxylic acids is 1. The van der Waals surface area contributed by atoms with Crippen LogP contribution in [0.2, 0.25) is 5.02 Å². The molecule has 2 aliphatic rings. The second-order valence-corrected chi connectivity index (χ2v) is 11.4. The van der Waals surface area contributed by atoms with Crippen molar-refractivity contribution in [2.24, 2.45) is 5.92 Å². The lowest BCUT2D eigenvalue weighted by Crippen LogP contribution is -2.44. The Labute approximate surface area is 207 Å². The number of hydrogen-bond acceptors (Lipinski definition) is 7. The molecule has 1 N–H and O–H groups in total. The van der Waals surface area contributed by atoms with Crippen molar-refractivity contribution in [1.82, 2.24) is 9.36 Å². The van der Waals surface area contributed by atoms with E-state index in [0.717, 1.165) is 73.8 Å². The average molecular weight is 518 g/mol. The van der Waals surface area contributed by atoms with Crippen molar-refractivity contribution in [3.05, 3.63) is 59.4 Å². The number of carbonyl (C=O) groups is 1. The second-order valence-electron chi connectivity index (χ2n) is 8.47. The summed E-state index contributed by atoms with van der Waals surface area (Å²) in [6.07, 6.45) is 4.72. The van der Waals surface area contributed by atoms with Gasteiger partial charge in [0.15, 0.2) is 0 Å². The van der Waals surface area contributed by atoms with Crippen molar-refractivity contribution < 1.29 is 13.2 Å². The molecular weight excluding hydrogens is 494 g/mol. The third kappa shape index (κ3) is 4.75. The van der Waals surface area contributed by atoms with E-state index < -0.39 is 10.0 Å². The Kier molecular flexibility index (Phi) is 6.46. The van der Waals surface area contributed by atoms with Crippen LogP contribution >= 0.6 is 23.1 Å². The summed E-state index contributed by atoms with van der Waals surface area (Å²) < 4.78 is 31.3. The van der Waals surface area contributed by atoms with Crippen molar-refractivity contribution in [3.63, 3.8) is 0 Å². The Bertz CT molecular complexity index is 1270. The molecule has 1 aromatic heterocycles. The first-order valence-corrected chi connectivity index (χ1v) is 13.8. The zero-order valence-corrected chi connectivity index (χ0v) is 20.7. The van der Waals surface area contributed by atoms with E-state index in [-0.39, 0.29) is 21.9 Å². The quantitative estimate of drug-likeness (QED) is 0.545. The lowest BCUT2D eigenvalue weighted by Gasteiger charge is -2.37. The Morgan fingerprint density at radius 2 is 1.85 bits per heavy atom. The molecule has 11 heteroatoms. The fourth-order valence-corrected chi connectivity index (χ4v) is 6.48. The molecule has 1 fully saturated rings. The number of amides is 1. The van der Waals surface area contributed by atoms with Gasteiger partial charge >= 0.3 is 0 Å². The van der Waals surface area contributed by atoms with E-state index in [2.05, 4.69) is 19.0 Å². The number of piperidine rings is 1. The third-order valence-electron chi connectivity index (χ3n) is 6.37. The van der Waals surface area contributed by atoms with Crippen LogP contribution in [0.25, 0.3) is 0 Å². The summed E-state index contributed by atoms with van der Waals surface area (Å²) in [7, 11) is -3.71. The summed E-state index contributed by atoms with van der Waals surface area (Å²) in [5, 5.41) is 0.936. The Hall–Kier alpha value is -2.69. The smallest absolute Gasteiger partial charge is 0.263 e. The van der Waals surface area contributed by atoms with Crippen molar-refractivity contribution >= 4 is 55.6 Å². The first-order chi connectivity index (χ1) is 16.4. The summed E-state index contributed by atoms with van der Waals surface area (Å²) in [6, 6.07) is 12.6. The number of hydrogen-bond donors (Lipinski definition) is 1. The van der Waals surface area contributed by atoms with Crippen molar-refractivity contribution in [1.29, 1.82) is 0 Å². The molecule has 0 aliphatic carbocycles. The van der Waals surface area contributed by atoms with Crippen LogP contribution in [0.15, 0.2) is 53.7 Å². The predicted octanol–water partition coefficient (Wildman–Crippen LogP) is 4.19. The van der Waals surface area contributed by atoms with Crippen LogP contribution in [0.4, 0.5) is 16.5 Å². The molecule has 3 heterocycles. The van der Waals surface area contributed by atoms with Gasteiger partial charge in [-0.2, -0.15) is 4.37 Å². The van der Waals surface area contributed by atoms with Gasteiger partial charge in [-0.05, 0) is 73.7 Å². The molecule has 0 unspecified atom stereocenters. The lowest BCUT2D eigenvalue weighted by atomic mass is 9.93. The molecule has 178 valence electrons. The lowest BCUT2D eigenvalue weighted by molar-refractivity contribution is -0.123. The van der Waals surface area contributed by atoms with Gasteiger partial charge < -0.3 is 9.80 Å². The summed E-state index contributed by atoms with van der Waals surface area (Å²) in [6.45, 7) is 2.23. The molecule has 3 aromatic rings. The molecule has 5 rings (SSSR count). The summed E-state index contributed by atoms with van der Waals surface area (Å²) in [5.41, 5.74) is 3.07. The number of nitrogens with one attached hydrogen (secondary N) is 1. The van der Waals surface area contributed by atoms with Crippen LogP contribution < -0.4 is 14.5 Å². The van der Waals surface area contributed by atoms with Gasteiger partial charge in [0.05, 0.1) is 4.90 Å². The van der Waals surface area contributed by atoms with Gasteiger partial charge in [-0.1, -0.05) is 11.6 Å². The van der Waals surface area contributed by atoms with Crippen molar-refractivity contribution in [2.45, 2.75) is 30.6 Å². The molecule has 2 aliphatic heterocycles. The number of fused-ring (bicyclic) bond motifs is 1. The average Bonchev–Trinajstić information content (AvgIpc) is 3.35. The van der Waals surface area contributed by atoms with Crippen molar-refractivity contribution in [3.8, 4) is 0 Å². The van der Waals surface area contributed by atoms with E-state index in [1.54, 1.807) is 24.3 Å². The zero-order valence-electron chi connectivity index (χ0n) is 18.4. The maximum Gasteiger partial charge on any atom is 0.263 e. The largest absolute Gasteiger partial charge is 0.371 e. The molecule has 0 bridgehead atoms. The number of rotatable bonds is 5. The number of anilines is 3. The SMILES string of the molecule is O=C(C1CCN(c2ccc(S(=O)(=O)Nc3ncns3)cc2)CC1)N1CCCc2cc(Cl)ccc21. The Morgan fingerprint density at radius 3 is 2.56 bits per heavy atom. The Morgan fingerprint density at radius 1 is 1.09 bits per heavy atom. The van der Waals surface area contributed by atoms with E-state index in [1.807, 2.05) is 23.1 Å². The molecule has 1 amide bonds. The number of nitrogens with zero attached hydrogens (tertiary/aromatic N) is 4. The summed E-state index contributed by atoms with van der Waals surface area (Å²) in [5.74, 6) is 0.167. The highest BCUT2D eigenvalue weighted by Gasteiger charge is 2.31. The third-order valence-corrected chi connectivity index (χ3v) is 8.66. The molecule has 2 aromatic carbocycles. The number of aryl methyl sites for hydroxylation is 1. The van der Waals surface area contributed by atoms with Gasteiger partial charge in [0.1, 0.15) is 6.33 Å². The highest BCUT2D eigenvalue weighted by Crippen LogP contribution is 2.33. The molecule has 1 saturated heterocycles. The standard InChI is InChI=1S/C23H24ClN5O3S2/c24-18-3-8-21-17(14-18)2-1-11-29(21)22(30)16-9-12-28(13-10-16)19-4-6-20(7-5-19)34(31,32)27-23-25-15-26-33-23/h3-8,14-16H,1-2,9-13H2,(H,25,26,27). The van der Waals surface area contributed by atoms with Crippen LogP contribution in [0, 0.1) is 5.92 Å². The van der Waals surface area contributed by atoms with Crippen LogP contribution in [-0.4, -0.2) is 43.3 Å². The topological polar surface area (TPSA) is 95.5 Å². The predicted molar refractivity (Wildman–Crippen MR) is 134 cm³/mol. The van der Waals surface area contributed by atoms with Gasteiger partial charge in [0, 0.05) is 53.5 Å². The van der Waals surface area contributed by atoms with Gasteiger partial charge in [0.25, 0.3) is 10.0 Å². The summed E-state index contributed by atoms with van der Waals surface area (Å²) >= 11 is 7.13.